The molecule has 5 rings (SSSR count). The van der Waals surface area contributed by atoms with Gasteiger partial charge in [-0.05, 0) is 38.1 Å². The largest absolute Gasteiger partial charge is 0.370 e. The lowest BCUT2D eigenvalue weighted by Gasteiger charge is -2.33. The second-order valence-electron chi connectivity index (χ2n) is 7.97. The number of hydrogen-bond acceptors (Lipinski definition) is 6. The summed E-state index contributed by atoms with van der Waals surface area (Å²) in [7, 11) is 1.88. The van der Waals surface area contributed by atoms with E-state index in [0.29, 0.717) is 52.8 Å². The van der Waals surface area contributed by atoms with Crippen LogP contribution in [-0.4, -0.2) is 44.4 Å². The Labute approximate surface area is 189 Å². The third-order valence-corrected chi connectivity index (χ3v) is 5.98. The molecule has 0 amide bonds. The van der Waals surface area contributed by atoms with E-state index in [1.54, 1.807) is 16.8 Å². The Balaban J connectivity index is 1.62. The number of nitrogens with zero attached hydrogens (tertiary/aromatic N) is 6. The van der Waals surface area contributed by atoms with E-state index in [1.807, 2.05) is 39.4 Å². The first-order valence-corrected chi connectivity index (χ1v) is 10.7. The highest BCUT2D eigenvalue weighted by Gasteiger charge is 2.26. The van der Waals surface area contributed by atoms with Gasteiger partial charge >= 0.3 is 0 Å². The lowest BCUT2D eigenvalue weighted by molar-refractivity contribution is 0.0395. The molecule has 0 spiro atoms. The summed E-state index contributed by atoms with van der Waals surface area (Å²) >= 11 is 5.99. The maximum atomic E-state index is 14.9. The summed E-state index contributed by atoms with van der Waals surface area (Å²) in [6, 6.07) is 6.53. The van der Waals surface area contributed by atoms with Crippen LogP contribution in [0.3, 0.4) is 0 Å². The smallest absolute Gasteiger partial charge is 0.181 e. The molecule has 32 heavy (non-hydrogen) atoms. The van der Waals surface area contributed by atoms with Crippen LogP contribution in [0.15, 0.2) is 36.7 Å². The zero-order valence-electron chi connectivity index (χ0n) is 18.0. The van der Waals surface area contributed by atoms with E-state index in [4.69, 9.17) is 21.3 Å². The predicted octanol–water partition coefficient (Wildman–Crippen LogP) is 4.41. The zero-order chi connectivity index (χ0) is 22.4. The number of rotatable bonds is 3. The van der Waals surface area contributed by atoms with Crippen molar-refractivity contribution in [2.75, 3.05) is 24.6 Å². The fourth-order valence-corrected chi connectivity index (χ4v) is 4.09. The fraction of sp³-hybridized carbons (Fsp3) is 0.304. The number of ether oxygens (including phenoxy) is 1. The molecular weight excluding hydrogens is 431 g/mol. The maximum Gasteiger partial charge on any atom is 0.181 e. The molecule has 1 aromatic carbocycles. The van der Waals surface area contributed by atoms with Crippen molar-refractivity contribution in [1.29, 1.82) is 0 Å². The minimum atomic E-state index is -0.411. The second-order valence-corrected chi connectivity index (χ2v) is 8.41. The number of morpholine rings is 1. The Morgan fingerprint density at radius 1 is 1.09 bits per heavy atom. The summed E-state index contributed by atoms with van der Waals surface area (Å²) in [5, 5.41) is 4.59. The summed E-state index contributed by atoms with van der Waals surface area (Å²) in [6.45, 7) is 5.59. The molecule has 1 fully saturated rings. The van der Waals surface area contributed by atoms with Crippen LogP contribution in [0.1, 0.15) is 23.1 Å². The van der Waals surface area contributed by atoms with E-state index in [1.165, 1.54) is 6.07 Å². The molecule has 0 bridgehead atoms. The van der Waals surface area contributed by atoms with Gasteiger partial charge < -0.3 is 9.64 Å². The van der Waals surface area contributed by atoms with Gasteiger partial charge in [-0.2, -0.15) is 5.10 Å². The van der Waals surface area contributed by atoms with Crippen molar-refractivity contribution in [2.24, 2.45) is 7.05 Å². The van der Waals surface area contributed by atoms with Crippen molar-refractivity contribution in [3.63, 3.8) is 0 Å². The lowest BCUT2D eigenvalue weighted by atomic mass is 10.0. The van der Waals surface area contributed by atoms with Gasteiger partial charge in [-0.3, -0.25) is 4.68 Å². The number of fused-ring (bicyclic) bond motifs is 1. The van der Waals surface area contributed by atoms with Crippen molar-refractivity contribution in [3.8, 4) is 11.1 Å². The van der Waals surface area contributed by atoms with Gasteiger partial charge in [-0.25, -0.2) is 19.3 Å². The highest BCUT2D eigenvalue weighted by molar-refractivity contribution is 6.30. The lowest BCUT2D eigenvalue weighted by Crippen LogP contribution is -2.38. The zero-order valence-corrected chi connectivity index (χ0v) is 18.8. The first-order chi connectivity index (χ1) is 15.4. The topological polar surface area (TPSA) is 69.0 Å². The minimum absolute atomic E-state index is 0.128. The molecule has 1 aliphatic heterocycles. The van der Waals surface area contributed by atoms with Gasteiger partial charge in [0.2, 0.25) is 0 Å². The van der Waals surface area contributed by atoms with Crippen LogP contribution >= 0.6 is 11.6 Å². The molecule has 0 N–H and O–H groups in total. The van der Waals surface area contributed by atoms with Gasteiger partial charge in [0.25, 0.3) is 0 Å². The number of hydrogen-bond donors (Lipinski definition) is 0. The second kappa shape index (κ2) is 8.11. The van der Waals surface area contributed by atoms with E-state index in [-0.39, 0.29) is 6.10 Å². The summed E-state index contributed by atoms with van der Waals surface area (Å²) in [5.74, 6) is 0.294. The molecule has 7 nitrogen and oxygen atoms in total. The monoisotopic (exact) mass is 452 g/mol. The number of aryl methyl sites for hydroxylation is 3. The minimum Gasteiger partial charge on any atom is -0.370 e. The Morgan fingerprint density at radius 2 is 1.91 bits per heavy atom. The van der Waals surface area contributed by atoms with E-state index >= 15 is 0 Å². The molecular formula is C23H22ClFN6O. The number of pyridine rings is 1. The van der Waals surface area contributed by atoms with E-state index in [9.17, 15) is 4.39 Å². The van der Waals surface area contributed by atoms with Gasteiger partial charge in [0, 0.05) is 48.0 Å². The fourth-order valence-electron chi connectivity index (χ4n) is 3.93. The highest BCUT2D eigenvalue weighted by atomic mass is 35.5. The first kappa shape index (κ1) is 20.8. The normalized spacial score (nSPS) is 16.7. The average molecular weight is 453 g/mol. The summed E-state index contributed by atoms with van der Waals surface area (Å²) in [6.07, 6.45) is 3.64. The summed E-state index contributed by atoms with van der Waals surface area (Å²) in [4.78, 5) is 16.3. The molecule has 164 valence electrons. The standard InChI is InChI=1S/C23H22ClFN6O/c1-13-14(2)28-23-22(27-13)18(17-5-4-16(24)8-19(17)25)9-21(29-23)31-6-7-32-20(12-31)15-10-26-30(3)11-15/h4-5,8-11,20H,6-7,12H2,1-3H3. The van der Waals surface area contributed by atoms with Gasteiger partial charge in [-0.15, -0.1) is 0 Å². The van der Waals surface area contributed by atoms with Crippen LogP contribution in [0.4, 0.5) is 10.2 Å². The summed E-state index contributed by atoms with van der Waals surface area (Å²) in [5.41, 5.74) is 4.69. The van der Waals surface area contributed by atoms with Crippen molar-refractivity contribution in [2.45, 2.75) is 20.0 Å². The van der Waals surface area contributed by atoms with Crippen LogP contribution in [0.5, 0.6) is 0 Å². The summed E-state index contributed by atoms with van der Waals surface area (Å²) < 4.78 is 22.6. The van der Waals surface area contributed by atoms with Gasteiger partial charge in [0.1, 0.15) is 23.3 Å². The van der Waals surface area contributed by atoms with Crippen LogP contribution in [-0.2, 0) is 11.8 Å². The highest BCUT2D eigenvalue weighted by Crippen LogP contribution is 2.34. The maximum absolute atomic E-state index is 14.9. The van der Waals surface area contributed by atoms with E-state index < -0.39 is 5.82 Å². The van der Waals surface area contributed by atoms with E-state index in [2.05, 4.69) is 20.0 Å². The van der Waals surface area contributed by atoms with Crippen LogP contribution in [0.2, 0.25) is 5.02 Å². The van der Waals surface area contributed by atoms with Gasteiger partial charge in [0.15, 0.2) is 5.65 Å². The van der Waals surface area contributed by atoms with Gasteiger partial charge in [0.05, 0.1) is 24.2 Å². The van der Waals surface area contributed by atoms with Crippen LogP contribution in [0.25, 0.3) is 22.3 Å². The predicted molar refractivity (Wildman–Crippen MR) is 121 cm³/mol. The molecule has 1 aliphatic rings. The molecule has 3 aromatic heterocycles. The van der Waals surface area contributed by atoms with Crippen LogP contribution in [0, 0.1) is 19.7 Å². The van der Waals surface area contributed by atoms with Crippen molar-refractivity contribution >= 4 is 28.6 Å². The SMILES string of the molecule is Cc1nc2nc(N3CCOC(c4cnn(C)c4)C3)cc(-c3ccc(Cl)cc3F)c2nc1C. The molecule has 4 aromatic rings. The molecule has 1 saturated heterocycles. The van der Waals surface area contributed by atoms with Crippen LogP contribution < -0.4 is 4.90 Å². The van der Waals surface area contributed by atoms with Crippen molar-refractivity contribution < 1.29 is 9.13 Å². The Morgan fingerprint density at radius 3 is 2.66 bits per heavy atom. The molecule has 9 heteroatoms. The van der Waals surface area contributed by atoms with Gasteiger partial charge in [-0.1, -0.05) is 11.6 Å². The number of halogens is 2. The van der Waals surface area contributed by atoms with E-state index in [0.717, 1.165) is 17.0 Å². The Kier molecular flexibility index (Phi) is 5.27. The molecule has 0 aliphatic carbocycles. The Bertz CT molecular complexity index is 1320. The molecule has 4 heterocycles. The average Bonchev–Trinajstić information content (AvgIpc) is 3.21. The quantitative estimate of drug-likeness (QED) is 0.458. The molecule has 1 atom stereocenters. The number of benzene rings is 1. The third kappa shape index (κ3) is 3.80. The third-order valence-electron chi connectivity index (χ3n) is 5.75. The number of aromatic nitrogens is 5. The van der Waals surface area contributed by atoms with Crippen molar-refractivity contribution in [3.05, 3.63) is 64.5 Å². The molecule has 1 unspecified atom stereocenters. The Hall–Kier alpha value is -3.10. The van der Waals surface area contributed by atoms with Crippen molar-refractivity contribution in [1.82, 2.24) is 24.7 Å². The molecule has 0 saturated carbocycles. The molecule has 0 radical (unpaired) electrons. The number of anilines is 1. The first-order valence-electron chi connectivity index (χ1n) is 10.4.